The van der Waals surface area contributed by atoms with Crippen molar-refractivity contribution in [3.63, 3.8) is 0 Å². The molecule has 4 nitrogen and oxygen atoms in total. The van der Waals surface area contributed by atoms with Crippen LogP contribution in [0.1, 0.15) is 33.6 Å². The van der Waals surface area contributed by atoms with Crippen molar-refractivity contribution in [1.29, 1.82) is 0 Å². The zero-order valence-electron chi connectivity index (χ0n) is 10.7. The normalized spacial score (nSPS) is 20.6. The summed E-state index contributed by atoms with van der Waals surface area (Å²) in [5.41, 5.74) is 0.748. The van der Waals surface area contributed by atoms with Crippen LogP contribution in [0.2, 0.25) is 0 Å². The second-order valence-corrected chi connectivity index (χ2v) is 3.24. The Morgan fingerprint density at radius 1 is 1.47 bits per heavy atom. The highest BCUT2D eigenvalue weighted by Gasteiger charge is 2.28. The third kappa shape index (κ3) is 4.76. The lowest BCUT2D eigenvalue weighted by molar-refractivity contribution is -0.135. The number of piperidine rings is 1. The fraction of sp³-hybridized carbons (Fsp3) is 0.462. The van der Waals surface area contributed by atoms with Crippen molar-refractivity contribution in [2.24, 2.45) is 10.9 Å². The van der Waals surface area contributed by atoms with Gasteiger partial charge in [-0.2, -0.15) is 0 Å². The van der Waals surface area contributed by atoms with E-state index in [-0.39, 0.29) is 17.7 Å². The average molecular weight is 236 g/mol. The molecule has 2 amide bonds. The SMILES string of the molecule is C=C/C(=C\N=CC)C1CCC(=O)NC1=O.CC. The first-order valence-electron chi connectivity index (χ1n) is 5.83. The summed E-state index contributed by atoms with van der Waals surface area (Å²) in [6.07, 6.45) is 5.74. The zero-order valence-corrected chi connectivity index (χ0v) is 10.7. The molecule has 0 saturated carbocycles. The predicted molar refractivity (Wildman–Crippen MR) is 69.7 cm³/mol. The maximum atomic E-state index is 11.5. The van der Waals surface area contributed by atoms with E-state index in [9.17, 15) is 9.59 Å². The van der Waals surface area contributed by atoms with Gasteiger partial charge in [-0.15, -0.1) is 0 Å². The first kappa shape index (κ1) is 15.3. The summed E-state index contributed by atoms with van der Waals surface area (Å²) in [5.74, 6) is -0.772. The van der Waals surface area contributed by atoms with Gasteiger partial charge in [0.25, 0.3) is 0 Å². The first-order valence-corrected chi connectivity index (χ1v) is 5.83. The molecule has 1 atom stereocenters. The molecular formula is C13H20N2O2. The molecule has 17 heavy (non-hydrogen) atoms. The lowest BCUT2D eigenvalue weighted by Crippen LogP contribution is -2.41. The Kier molecular flexibility index (Phi) is 7.59. The van der Waals surface area contributed by atoms with Crippen molar-refractivity contribution in [3.05, 3.63) is 24.4 Å². The Morgan fingerprint density at radius 2 is 2.12 bits per heavy atom. The number of aliphatic imine (C=N–C) groups is 1. The molecular weight excluding hydrogens is 216 g/mol. The van der Waals surface area contributed by atoms with Gasteiger partial charge in [0.15, 0.2) is 0 Å². The molecule has 0 aromatic rings. The number of amides is 2. The Bertz CT molecular complexity index is 343. The molecule has 1 aliphatic rings. The molecule has 1 N–H and O–H groups in total. The van der Waals surface area contributed by atoms with Gasteiger partial charge in [-0.25, -0.2) is 0 Å². The molecule has 0 aliphatic carbocycles. The van der Waals surface area contributed by atoms with Gasteiger partial charge in [-0.05, 0) is 18.9 Å². The number of allylic oxidation sites excluding steroid dienone is 1. The second kappa shape index (κ2) is 8.44. The van der Waals surface area contributed by atoms with Gasteiger partial charge >= 0.3 is 0 Å². The van der Waals surface area contributed by atoms with E-state index in [0.717, 1.165) is 5.57 Å². The van der Waals surface area contributed by atoms with E-state index in [1.807, 2.05) is 13.8 Å². The van der Waals surface area contributed by atoms with Crippen LogP contribution in [-0.4, -0.2) is 18.0 Å². The predicted octanol–water partition coefficient (Wildman–Crippen LogP) is 2.23. The van der Waals surface area contributed by atoms with Gasteiger partial charge in [0.05, 0.1) is 5.92 Å². The van der Waals surface area contributed by atoms with Crippen LogP contribution in [0.25, 0.3) is 0 Å². The van der Waals surface area contributed by atoms with Crippen LogP contribution in [0.4, 0.5) is 0 Å². The van der Waals surface area contributed by atoms with Crippen molar-refractivity contribution >= 4 is 18.0 Å². The molecule has 4 heteroatoms. The number of nitrogens with zero attached hydrogens (tertiary/aromatic N) is 1. The Morgan fingerprint density at radius 3 is 2.59 bits per heavy atom. The highest BCUT2D eigenvalue weighted by molar-refractivity contribution is 6.00. The van der Waals surface area contributed by atoms with E-state index in [1.165, 1.54) is 0 Å². The summed E-state index contributed by atoms with van der Waals surface area (Å²) in [7, 11) is 0. The van der Waals surface area contributed by atoms with Crippen LogP contribution < -0.4 is 5.32 Å². The summed E-state index contributed by atoms with van der Waals surface area (Å²) in [5, 5.41) is 2.30. The second-order valence-electron chi connectivity index (χ2n) is 3.24. The molecule has 1 saturated heterocycles. The molecule has 1 aliphatic heterocycles. The molecule has 1 fully saturated rings. The van der Waals surface area contributed by atoms with Crippen LogP contribution in [0.3, 0.4) is 0 Å². The number of hydrogen-bond donors (Lipinski definition) is 1. The molecule has 0 aromatic heterocycles. The lowest BCUT2D eigenvalue weighted by Gasteiger charge is -2.21. The lowest BCUT2D eigenvalue weighted by atomic mass is 9.91. The molecule has 0 spiro atoms. The third-order valence-electron chi connectivity index (χ3n) is 2.25. The number of hydrogen-bond acceptors (Lipinski definition) is 3. The summed E-state index contributed by atoms with van der Waals surface area (Å²) < 4.78 is 0. The summed E-state index contributed by atoms with van der Waals surface area (Å²) in [6, 6.07) is 0. The maximum absolute atomic E-state index is 11.5. The van der Waals surface area contributed by atoms with Crippen LogP contribution in [-0.2, 0) is 9.59 Å². The van der Waals surface area contributed by atoms with Crippen LogP contribution in [0, 0.1) is 5.92 Å². The Balaban J connectivity index is 0.00000121. The summed E-state index contributed by atoms with van der Waals surface area (Å²) >= 11 is 0. The van der Waals surface area contributed by atoms with Crippen molar-refractivity contribution in [2.75, 3.05) is 0 Å². The highest BCUT2D eigenvalue weighted by Crippen LogP contribution is 2.21. The average Bonchev–Trinajstić information content (AvgIpc) is 2.34. The molecule has 1 heterocycles. The minimum absolute atomic E-state index is 0.210. The minimum Gasteiger partial charge on any atom is -0.296 e. The number of rotatable bonds is 3. The van der Waals surface area contributed by atoms with Crippen molar-refractivity contribution in [3.8, 4) is 0 Å². The molecule has 1 rings (SSSR count). The molecule has 0 radical (unpaired) electrons. The topological polar surface area (TPSA) is 58.5 Å². The van der Waals surface area contributed by atoms with Gasteiger partial charge in [0.2, 0.25) is 11.8 Å². The van der Waals surface area contributed by atoms with Gasteiger partial charge in [-0.3, -0.25) is 19.9 Å². The van der Waals surface area contributed by atoms with Crippen molar-refractivity contribution in [2.45, 2.75) is 33.6 Å². The molecule has 1 unspecified atom stereocenters. The number of carbonyl (C=O) groups is 2. The van der Waals surface area contributed by atoms with E-state index in [1.54, 1.807) is 25.4 Å². The van der Waals surface area contributed by atoms with Crippen LogP contribution in [0.5, 0.6) is 0 Å². The standard InChI is InChI=1S/C11H14N2O2.C2H6/c1-3-8(7-12-4-2)9-5-6-10(14)13-11(9)15;1-2/h3-4,7,9H,1,5-6H2,2H3,(H,13,14,15);1-2H3/b8-7+,12-4?;. The minimum atomic E-state index is -0.302. The van der Waals surface area contributed by atoms with E-state index < -0.39 is 0 Å². The first-order chi connectivity index (χ1) is 8.19. The van der Waals surface area contributed by atoms with Gasteiger partial charge in [-0.1, -0.05) is 26.5 Å². The summed E-state index contributed by atoms with van der Waals surface area (Å²) in [4.78, 5) is 26.4. The van der Waals surface area contributed by atoms with Crippen molar-refractivity contribution < 1.29 is 9.59 Å². The van der Waals surface area contributed by atoms with E-state index in [0.29, 0.717) is 12.8 Å². The van der Waals surface area contributed by atoms with Crippen LogP contribution >= 0.6 is 0 Å². The fourth-order valence-corrected chi connectivity index (χ4v) is 1.46. The van der Waals surface area contributed by atoms with Crippen molar-refractivity contribution in [1.82, 2.24) is 5.32 Å². The van der Waals surface area contributed by atoms with Gasteiger partial charge in [0, 0.05) is 18.8 Å². The monoisotopic (exact) mass is 236 g/mol. The van der Waals surface area contributed by atoms with E-state index >= 15 is 0 Å². The van der Waals surface area contributed by atoms with E-state index in [4.69, 9.17) is 0 Å². The quantitative estimate of drug-likeness (QED) is 0.464. The fourth-order valence-electron chi connectivity index (χ4n) is 1.46. The number of carbonyl (C=O) groups excluding carboxylic acids is 2. The zero-order chi connectivity index (χ0) is 13.3. The highest BCUT2D eigenvalue weighted by atomic mass is 16.2. The number of imide groups is 1. The third-order valence-corrected chi connectivity index (χ3v) is 2.25. The Hall–Kier alpha value is -1.71. The molecule has 0 aromatic carbocycles. The van der Waals surface area contributed by atoms with Gasteiger partial charge < -0.3 is 0 Å². The molecule has 0 bridgehead atoms. The van der Waals surface area contributed by atoms with Gasteiger partial charge in [0.1, 0.15) is 0 Å². The molecule has 94 valence electrons. The maximum Gasteiger partial charge on any atom is 0.234 e. The van der Waals surface area contributed by atoms with Crippen LogP contribution in [0.15, 0.2) is 29.4 Å². The van der Waals surface area contributed by atoms with E-state index in [2.05, 4.69) is 16.9 Å². The summed E-state index contributed by atoms with van der Waals surface area (Å²) in [6.45, 7) is 9.43. The number of nitrogens with one attached hydrogen (secondary N) is 1. The Labute approximate surface area is 103 Å². The smallest absolute Gasteiger partial charge is 0.234 e. The largest absolute Gasteiger partial charge is 0.296 e.